The molecule has 0 aliphatic carbocycles. The fourth-order valence-corrected chi connectivity index (χ4v) is 1.74. The molecule has 0 aliphatic rings. The van der Waals surface area contributed by atoms with Crippen LogP contribution in [0.5, 0.6) is 0 Å². The molecule has 0 radical (unpaired) electrons. The fraction of sp³-hybridized carbons (Fsp3) is 0.417. The standard InChI is InChI=1S/C12H14BrF2NO/c1-8(7-13)16(2)12(17)5-9-3-4-10(14)6-11(9)15/h3-4,6,8H,5,7H2,1-2H3. The average molecular weight is 306 g/mol. The predicted molar refractivity (Wildman–Crippen MR) is 66.1 cm³/mol. The van der Waals surface area contributed by atoms with E-state index in [-0.39, 0.29) is 23.9 Å². The van der Waals surface area contributed by atoms with Crippen molar-refractivity contribution >= 4 is 21.8 Å². The molecule has 1 aromatic rings. The van der Waals surface area contributed by atoms with E-state index < -0.39 is 11.6 Å². The first-order valence-electron chi connectivity index (χ1n) is 5.21. The van der Waals surface area contributed by atoms with Crippen LogP contribution in [0.1, 0.15) is 12.5 Å². The summed E-state index contributed by atoms with van der Waals surface area (Å²) < 4.78 is 26.0. The van der Waals surface area contributed by atoms with E-state index in [1.807, 2.05) is 6.92 Å². The number of nitrogens with zero attached hydrogens (tertiary/aromatic N) is 1. The molecule has 0 heterocycles. The Morgan fingerprint density at radius 3 is 2.65 bits per heavy atom. The van der Waals surface area contributed by atoms with Gasteiger partial charge in [0, 0.05) is 24.5 Å². The molecular formula is C12H14BrF2NO. The zero-order chi connectivity index (χ0) is 13.0. The van der Waals surface area contributed by atoms with E-state index in [9.17, 15) is 13.6 Å². The second-order valence-electron chi connectivity index (χ2n) is 3.92. The maximum Gasteiger partial charge on any atom is 0.227 e. The van der Waals surface area contributed by atoms with E-state index in [1.165, 1.54) is 11.0 Å². The van der Waals surface area contributed by atoms with Gasteiger partial charge in [-0.1, -0.05) is 22.0 Å². The van der Waals surface area contributed by atoms with E-state index in [1.54, 1.807) is 7.05 Å². The largest absolute Gasteiger partial charge is 0.342 e. The Balaban J connectivity index is 2.74. The zero-order valence-electron chi connectivity index (χ0n) is 9.71. The summed E-state index contributed by atoms with van der Waals surface area (Å²) in [7, 11) is 1.66. The third kappa shape index (κ3) is 3.77. The first-order chi connectivity index (χ1) is 7.95. The van der Waals surface area contributed by atoms with Gasteiger partial charge in [-0.05, 0) is 18.6 Å². The third-order valence-corrected chi connectivity index (χ3v) is 3.57. The normalized spacial score (nSPS) is 12.3. The van der Waals surface area contributed by atoms with Gasteiger partial charge in [0.05, 0.1) is 6.42 Å². The van der Waals surface area contributed by atoms with Crippen LogP contribution in [-0.4, -0.2) is 29.2 Å². The SMILES string of the molecule is CC(CBr)N(C)C(=O)Cc1ccc(F)cc1F. The molecule has 0 aliphatic heterocycles. The molecule has 0 spiro atoms. The molecule has 2 nitrogen and oxygen atoms in total. The van der Waals surface area contributed by atoms with Crippen molar-refractivity contribution in [1.82, 2.24) is 4.90 Å². The molecule has 0 aromatic heterocycles. The first kappa shape index (κ1) is 14.1. The highest BCUT2D eigenvalue weighted by atomic mass is 79.9. The first-order valence-corrected chi connectivity index (χ1v) is 6.33. The summed E-state index contributed by atoms with van der Waals surface area (Å²) in [4.78, 5) is 13.3. The van der Waals surface area contributed by atoms with Gasteiger partial charge in [0.25, 0.3) is 0 Å². The van der Waals surface area contributed by atoms with Crippen LogP contribution in [0.15, 0.2) is 18.2 Å². The highest BCUT2D eigenvalue weighted by molar-refractivity contribution is 9.09. The highest BCUT2D eigenvalue weighted by Gasteiger charge is 2.16. The molecule has 5 heteroatoms. The monoisotopic (exact) mass is 305 g/mol. The summed E-state index contributed by atoms with van der Waals surface area (Å²) >= 11 is 3.28. The Morgan fingerprint density at radius 2 is 2.12 bits per heavy atom. The number of carbonyl (C=O) groups is 1. The second-order valence-corrected chi connectivity index (χ2v) is 4.57. The highest BCUT2D eigenvalue weighted by Crippen LogP contribution is 2.12. The average Bonchev–Trinajstić information content (AvgIpc) is 2.30. The zero-order valence-corrected chi connectivity index (χ0v) is 11.3. The molecule has 1 amide bonds. The molecular weight excluding hydrogens is 292 g/mol. The van der Waals surface area contributed by atoms with Crippen LogP contribution in [0.3, 0.4) is 0 Å². The van der Waals surface area contributed by atoms with Gasteiger partial charge in [0.1, 0.15) is 11.6 Å². The number of rotatable bonds is 4. The van der Waals surface area contributed by atoms with Crippen LogP contribution >= 0.6 is 15.9 Å². The minimum absolute atomic E-state index is 0.0333. The number of halogens is 3. The predicted octanol–water partition coefficient (Wildman–Crippen LogP) is 2.75. The molecule has 0 saturated carbocycles. The van der Waals surface area contributed by atoms with Crippen molar-refractivity contribution in [2.24, 2.45) is 0 Å². The number of hydrogen-bond acceptors (Lipinski definition) is 1. The molecule has 1 unspecified atom stereocenters. The molecule has 1 aromatic carbocycles. The van der Waals surface area contributed by atoms with Crippen molar-refractivity contribution < 1.29 is 13.6 Å². The molecule has 94 valence electrons. The van der Waals surface area contributed by atoms with Crippen molar-refractivity contribution in [3.8, 4) is 0 Å². The van der Waals surface area contributed by atoms with Crippen LogP contribution in [0.4, 0.5) is 8.78 Å². The lowest BCUT2D eigenvalue weighted by molar-refractivity contribution is -0.130. The van der Waals surface area contributed by atoms with Crippen molar-refractivity contribution in [1.29, 1.82) is 0 Å². The number of carbonyl (C=O) groups excluding carboxylic acids is 1. The number of alkyl halides is 1. The van der Waals surface area contributed by atoms with Gasteiger partial charge in [-0.15, -0.1) is 0 Å². The van der Waals surface area contributed by atoms with Gasteiger partial charge >= 0.3 is 0 Å². The maximum atomic E-state index is 13.3. The Bertz CT molecular complexity index is 411. The molecule has 0 bridgehead atoms. The van der Waals surface area contributed by atoms with Gasteiger partial charge < -0.3 is 4.90 Å². The Kier molecular flexibility index (Phi) is 5.05. The lowest BCUT2D eigenvalue weighted by atomic mass is 10.1. The summed E-state index contributed by atoms with van der Waals surface area (Å²) in [6.45, 7) is 1.88. The van der Waals surface area contributed by atoms with E-state index >= 15 is 0 Å². The number of benzene rings is 1. The number of likely N-dealkylation sites (N-methyl/N-ethyl adjacent to an activating group) is 1. The number of hydrogen-bond donors (Lipinski definition) is 0. The summed E-state index contributed by atoms with van der Waals surface area (Å²) in [6, 6.07) is 3.27. The Labute approximate surface area is 108 Å². The summed E-state index contributed by atoms with van der Waals surface area (Å²) in [5.41, 5.74) is 0.213. The molecule has 17 heavy (non-hydrogen) atoms. The molecule has 0 saturated heterocycles. The quantitative estimate of drug-likeness (QED) is 0.783. The van der Waals surface area contributed by atoms with E-state index in [2.05, 4.69) is 15.9 Å². The van der Waals surface area contributed by atoms with Crippen LogP contribution in [0, 0.1) is 11.6 Å². The number of amides is 1. The summed E-state index contributed by atoms with van der Waals surface area (Å²) in [5.74, 6) is -1.51. The Hall–Kier alpha value is -0.970. The van der Waals surface area contributed by atoms with Crippen molar-refractivity contribution in [3.05, 3.63) is 35.4 Å². The molecule has 1 rings (SSSR count). The lowest BCUT2D eigenvalue weighted by Crippen LogP contribution is -2.37. The van der Waals surface area contributed by atoms with Crippen molar-refractivity contribution in [2.45, 2.75) is 19.4 Å². The van der Waals surface area contributed by atoms with Crippen LogP contribution in [0.2, 0.25) is 0 Å². The molecule has 0 fully saturated rings. The van der Waals surface area contributed by atoms with Gasteiger partial charge in [0.2, 0.25) is 5.91 Å². The van der Waals surface area contributed by atoms with Gasteiger partial charge in [-0.25, -0.2) is 8.78 Å². The van der Waals surface area contributed by atoms with Gasteiger partial charge in [-0.2, -0.15) is 0 Å². The summed E-state index contributed by atoms with van der Waals surface area (Å²) in [6.07, 6.45) is -0.0556. The van der Waals surface area contributed by atoms with Crippen LogP contribution in [0.25, 0.3) is 0 Å². The smallest absolute Gasteiger partial charge is 0.227 e. The van der Waals surface area contributed by atoms with Gasteiger partial charge in [-0.3, -0.25) is 4.79 Å². The molecule has 1 atom stereocenters. The van der Waals surface area contributed by atoms with Crippen LogP contribution < -0.4 is 0 Å². The van der Waals surface area contributed by atoms with E-state index in [0.29, 0.717) is 5.33 Å². The van der Waals surface area contributed by atoms with E-state index in [0.717, 1.165) is 12.1 Å². The van der Waals surface area contributed by atoms with Gasteiger partial charge in [0.15, 0.2) is 0 Å². The lowest BCUT2D eigenvalue weighted by Gasteiger charge is -2.23. The second kappa shape index (κ2) is 6.10. The van der Waals surface area contributed by atoms with Crippen LogP contribution in [-0.2, 0) is 11.2 Å². The summed E-state index contributed by atoms with van der Waals surface area (Å²) in [5, 5.41) is 0.654. The fourth-order valence-electron chi connectivity index (χ4n) is 1.30. The topological polar surface area (TPSA) is 20.3 Å². The maximum absolute atomic E-state index is 13.3. The minimum atomic E-state index is -0.682. The Morgan fingerprint density at radius 1 is 1.47 bits per heavy atom. The molecule has 0 N–H and O–H groups in total. The van der Waals surface area contributed by atoms with E-state index in [4.69, 9.17) is 0 Å². The van der Waals surface area contributed by atoms with Crippen molar-refractivity contribution in [2.75, 3.05) is 12.4 Å². The van der Waals surface area contributed by atoms with Crippen molar-refractivity contribution in [3.63, 3.8) is 0 Å². The third-order valence-electron chi connectivity index (χ3n) is 2.63. The minimum Gasteiger partial charge on any atom is -0.342 e.